The number of hydrogen-bond donors (Lipinski definition) is 2. The Morgan fingerprint density at radius 1 is 1.19 bits per heavy atom. The average molecular weight is 508 g/mol. The van der Waals surface area contributed by atoms with Crippen LogP contribution in [0.4, 0.5) is 29.1 Å². The molecule has 2 aliphatic rings. The van der Waals surface area contributed by atoms with Gasteiger partial charge in [0.15, 0.2) is 5.82 Å². The fraction of sp³-hybridized carbons (Fsp3) is 0.480. The minimum atomic E-state index is -4.60. The molecule has 1 aromatic carbocycles. The van der Waals surface area contributed by atoms with Crippen molar-refractivity contribution in [3.63, 3.8) is 0 Å². The van der Waals surface area contributed by atoms with Crippen molar-refractivity contribution < 1.29 is 27.2 Å². The summed E-state index contributed by atoms with van der Waals surface area (Å²) in [6.07, 6.45) is 1.01. The Morgan fingerprint density at radius 3 is 2.75 bits per heavy atom. The minimum absolute atomic E-state index is 0.137. The summed E-state index contributed by atoms with van der Waals surface area (Å²) in [5.41, 5.74) is -0.293. The van der Waals surface area contributed by atoms with Crippen LogP contribution in [0.1, 0.15) is 54.1 Å². The SMILES string of the molecule is CCCCCCNC(=O)c1cnc2c(c1)NC(=O)C1CN(Cc3cc(F)ccc3C(F)(F)F)CCN21. The number of carbonyl (C=O) groups is 2. The van der Waals surface area contributed by atoms with Crippen molar-refractivity contribution in [2.24, 2.45) is 0 Å². The lowest BCUT2D eigenvalue weighted by Gasteiger charge is -2.44. The van der Waals surface area contributed by atoms with Crippen LogP contribution < -0.4 is 15.5 Å². The average Bonchev–Trinajstić information content (AvgIpc) is 2.83. The molecule has 3 heterocycles. The van der Waals surface area contributed by atoms with Crippen LogP contribution in [0, 0.1) is 5.82 Å². The first-order chi connectivity index (χ1) is 17.2. The number of aromatic nitrogens is 1. The maximum absolute atomic E-state index is 13.7. The number of alkyl halides is 3. The number of benzene rings is 1. The van der Waals surface area contributed by atoms with Crippen molar-refractivity contribution in [3.8, 4) is 0 Å². The Balaban J connectivity index is 1.43. The van der Waals surface area contributed by atoms with Crippen LogP contribution in [-0.4, -0.2) is 53.9 Å². The second-order valence-electron chi connectivity index (χ2n) is 9.14. The van der Waals surface area contributed by atoms with E-state index in [0.29, 0.717) is 36.7 Å². The maximum Gasteiger partial charge on any atom is 0.416 e. The number of unbranched alkanes of at least 4 members (excludes halogenated alkanes) is 3. The molecule has 1 fully saturated rings. The molecule has 36 heavy (non-hydrogen) atoms. The first-order valence-electron chi connectivity index (χ1n) is 12.1. The number of nitrogens with zero attached hydrogens (tertiary/aromatic N) is 3. The van der Waals surface area contributed by atoms with Crippen LogP contribution in [0.5, 0.6) is 0 Å². The van der Waals surface area contributed by atoms with Gasteiger partial charge in [0.1, 0.15) is 11.9 Å². The second kappa shape index (κ2) is 10.8. The van der Waals surface area contributed by atoms with Gasteiger partial charge in [-0.15, -0.1) is 0 Å². The summed E-state index contributed by atoms with van der Waals surface area (Å²) in [7, 11) is 0. The molecule has 0 aliphatic carbocycles. The number of rotatable bonds is 8. The van der Waals surface area contributed by atoms with Gasteiger partial charge in [-0.05, 0) is 36.2 Å². The third-order valence-corrected chi connectivity index (χ3v) is 6.51. The van der Waals surface area contributed by atoms with E-state index in [0.717, 1.165) is 43.9 Å². The fourth-order valence-electron chi connectivity index (χ4n) is 4.65. The molecule has 7 nitrogen and oxygen atoms in total. The number of fused-ring (bicyclic) bond motifs is 3. The summed E-state index contributed by atoms with van der Waals surface area (Å²) in [4.78, 5) is 33.3. The van der Waals surface area contributed by atoms with Crippen molar-refractivity contribution in [2.45, 2.75) is 51.4 Å². The Bertz CT molecular complexity index is 1120. The molecule has 1 atom stereocenters. The number of hydrogen-bond acceptors (Lipinski definition) is 5. The number of carbonyl (C=O) groups excluding carboxylic acids is 2. The van der Waals surface area contributed by atoms with Crippen LogP contribution in [0.25, 0.3) is 0 Å². The van der Waals surface area contributed by atoms with Gasteiger partial charge in [-0.1, -0.05) is 26.2 Å². The van der Waals surface area contributed by atoms with Crippen LogP contribution in [0.15, 0.2) is 30.5 Å². The van der Waals surface area contributed by atoms with E-state index in [1.807, 2.05) is 0 Å². The minimum Gasteiger partial charge on any atom is -0.352 e. The van der Waals surface area contributed by atoms with Gasteiger partial charge in [-0.3, -0.25) is 14.5 Å². The van der Waals surface area contributed by atoms with E-state index in [1.165, 1.54) is 6.20 Å². The van der Waals surface area contributed by atoms with Crippen LogP contribution in [-0.2, 0) is 17.5 Å². The summed E-state index contributed by atoms with van der Waals surface area (Å²) in [6, 6.07) is 3.35. The van der Waals surface area contributed by atoms with Gasteiger partial charge in [-0.2, -0.15) is 13.2 Å². The molecule has 194 valence electrons. The van der Waals surface area contributed by atoms with E-state index in [-0.39, 0.29) is 30.5 Å². The molecule has 2 aliphatic heterocycles. The van der Waals surface area contributed by atoms with Gasteiger partial charge in [-0.25, -0.2) is 9.37 Å². The van der Waals surface area contributed by atoms with Crippen molar-refractivity contribution in [1.82, 2.24) is 15.2 Å². The lowest BCUT2D eigenvalue weighted by Crippen LogP contribution is -2.60. The zero-order chi connectivity index (χ0) is 25.9. The summed E-state index contributed by atoms with van der Waals surface area (Å²) in [5.74, 6) is -0.827. The Kier molecular flexibility index (Phi) is 7.77. The molecule has 1 aromatic heterocycles. The summed E-state index contributed by atoms with van der Waals surface area (Å²) >= 11 is 0. The molecule has 2 N–H and O–H groups in total. The highest BCUT2D eigenvalue weighted by Gasteiger charge is 2.39. The lowest BCUT2D eigenvalue weighted by atomic mass is 10.0. The molecule has 0 saturated carbocycles. The molecule has 0 spiro atoms. The molecule has 0 radical (unpaired) electrons. The zero-order valence-corrected chi connectivity index (χ0v) is 20.0. The number of anilines is 2. The third kappa shape index (κ3) is 5.77. The number of amides is 2. The standard InChI is InChI=1S/C25H29F4N5O2/c1-2-3-4-5-8-30-23(35)16-12-20-22(31-13-16)34-10-9-33(15-21(34)24(36)32-20)14-17-11-18(26)6-7-19(17)25(27,28)29/h6-7,11-13,21H,2-5,8-10,14-15H2,1H3,(H,30,35)(H,32,36). The number of halogens is 4. The lowest BCUT2D eigenvalue weighted by molar-refractivity contribution is -0.138. The van der Waals surface area contributed by atoms with E-state index >= 15 is 0 Å². The molecule has 4 rings (SSSR count). The van der Waals surface area contributed by atoms with Crippen molar-refractivity contribution in [3.05, 3.63) is 53.0 Å². The van der Waals surface area contributed by atoms with Gasteiger partial charge in [0.05, 0.1) is 16.8 Å². The van der Waals surface area contributed by atoms with E-state index in [2.05, 4.69) is 22.5 Å². The molecular formula is C25H29F4N5O2. The topological polar surface area (TPSA) is 77.6 Å². The van der Waals surface area contributed by atoms with E-state index in [9.17, 15) is 27.2 Å². The van der Waals surface area contributed by atoms with Crippen LogP contribution >= 0.6 is 0 Å². The van der Waals surface area contributed by atoms with Crippen LogP contribution in [0.2, 0.25) is 0 Å². The first kappa shape index (κ1) is 25.9. The molecule has 1 unspecified atom stereocenters. The molecule has 11 heteroatoms. The van der Waals surface area contributed by atoms with Crippen molar-refractivity contribution in [2.75, 3.05) is 36.4 Å². The molecular weight excluding hydrogens is 478 g/mol. The zero-order valence-electron chi connectivity index (χ0n) is 20.0. The molecule has 1 saturated heterocycles. The number of pyridine rings is 1. The van der Waals surface area contributed by atoms with Crippen molar-refractivity contribution >= 4 is 23.3 Å². The number of nitrogens with one attached hydrogen (secondary N) is 2. The highest BCUT2D eigenvalue weighted by Crippen LogP contribution is 2.35. The Hall–Kier alpha value is -3.21. The monoisotopic (exact) mass is 507 g/mol. The van der Waals surface area contributed by atoms with Crippen molar-refractivity contribution in [1.29, 1.82) is 0 Å². The quantitative estimate of drug-likeness (QED) is 0.414. The van der Waals surface area contributed by atoms with Crippen LogP contribution in [0.3, 0.4) is 0 Å². The molecule has 0 bridgehead atoms. The van der Waals surface area contributed by atoms with Gasteiger partial charge >= 0.3 is 6.18 Å². The van der Waals surface area contributed by atoms with E-state index in [1.54, 1.807) is 15.9 Å². The van der Waals surface area contributed by atoms with Gasteiger partial charge < -0.3 is 15.5 Å². The fourth-order valence-corrected chi connectivity index (χ4v) is 4.65. The smallest absolute Gasteiger partial charge is 0.352 e. The second-order valence-corrected chi connectivity index (χ2v) is 9.14. The highest BCUT2D eigenvalue weighted by atomic mass is 19.4. The molecule has 2 amide bonds. The maximum atomic E-state index is 13.7. The predicted octanol–water partition coefficient (Wildman–Crippen LogP) is 4.19. The van der Waals surface area contributed by atoms with Gasteiger partial charge in [0, 0.05) is 38.9 Å². The summed E-state index contributed by atoms with van der Waals surface area (Å²) < 4.78 is 53.9. The van der Waals surface area contributed by atoms with E-state index in [4.69, 9.17) is 0 Å². The first-order valence-corrected chi connectivity index (χ1v) is 12.1. The predicted molar refractivity (Wildman–Crippen MR) is 127 cm³/mol. The Labute approximate surface area is 206 Å². The third-order valence-electron chi connectivity index (χ3n) is 6.51. The van der Waals surface area contributed by atoms with E-state index < -0.39 is 23.6 Å². The van der Waals surface area contributed by atoms with Gasteiger partial charge in [0.25, 0.3) is 5.91 Å². The van der Waals surface area contributed by atoms with Gasteiger partial charge in [0.2, 0.25) is 5.91 Å². The highest BCUT2D eigenvalue weighted by molar-refractivity contribution is 6.05. The largest absolute Gasteiger partial charge is 0.416 e. The Morgan fingerprint density at radius 2 is 2.00 bits per heavy atom. The normalized spacial score (nSPS) is 17.9. The molecule has 2 aromatic rings. The number of piperazine rings is 1. The summed E-state index contributed by atoms with van der Waals surface area (Å²) in [5, 5.41) is 5.64. The summed E-state index contributed by atoms with van der Waals surface area (Å²) in [6.45, 7) is 3.40.